The van der Waals surface area contributed by atoms with E-state index in [0.717, 1.165) is 0 Å². The van der Waals surface area contributed by atoms with Gasteiger partial charge >= 0.3 is 12.0 Å². The normalized spacial score (nSPS) is 11.2. The van der Waals surface area contributed by atoms with Gasteiger partial charge in [-0.2, -0.15) is 0 Å². The summed E-state index contributed by atoms with van der Waals surface area (Å²) in [6.45, 7) is 1.32. The summed E-state index contributed by atoms with van der Waals surface area (Å²) < 4.78 is 20.5. The van der Waals surface area contributed by atoms with Crippen molar-refractivity contribution < 1.29 is 33.3 Å². The molecule has 1 atom stereocenters. The van der Waals surface area contributed by atoms with E-state index in [1.54, 1.807) is 12.1 Å². The molecule has 24 heavy (non-hydrogen) atoms. The quantitative estimate of drug-likeness (QED) is 0.687. The third-order valence-electron chi connectivity index (χ3n) is 3.00. The topological polar surface area (TPSA) is 126 Å². The molecule has 1 unspecified atom stereocenters. The van der Waals surface area contributed by atoms with Crippen molar-refractivity contribution in [2.24, 2.45) is 5.73 Å². The molecule has 0 saturated carbocycles. The fourth-order valence-corrected chi connectivity index (χ4v) is 1.92. The van der Waals surface area contributed by atoms with Crippen molar-refractivity contribution in [1.82, 2.24) is 5.32 Å². The van der Waals surface area contributed by atoms with Gasteiger partial charge in [0.15, 0.2) is 17.6 Å². The Morgan fingerprint density at radius 2 is 1.62 bits per heavy atom. The maximum atomic E-state index is 11.9. The molecule has 1 aromatic carbocycles. The molecule has 132 valence electrons. The van der Waals surface area contributed by atoms with Crippen LogP contribution in [0.15, 0.2) is 12.1 Å². The first-order valence-electron chi connectivity index (χ1n) is 6.91. The molecule has 9 heteroatoms. The highest BCUT2D eigenvalue weighted by Crippen LogP contribution is 2.38. The number of nitrogens with one attached hydrogen (secondary N) is 1. The number of amides is 3. The van der Waals surface area contributed by atoms with Crippen LogP contribution in [0.4, 0.5) is 4.79 Å². The molecule has 0 aliphatic carbocycles. The van der Waals surface area contributed by atoms with Gasteiger partial charge in [0.2, 0.25) is 5.75 Å². The highest BCUT2D eigenvalue weighted by molar-refractivity contribution is 5.96. The number of nitrogens with two attached hydrogens (primary N) is 1. The summed E-state index contributed by atoms with van der Waals surface area (Å²) in [5, 5.41) is 1.83. The first-order chi connectivity index (χ1) is 11.3. The number of urea groups is 1. The molecule has 0 aliphatic heterocycles. The Morgan fingerprint density at radius 1 is 1.08 bits per heavy atom. The van der Waals surface area contributed by atoms with E-state index in [-0.39, 0.29) is 6.42 Å². The number of hydrogen-bond donors (Lipinski definition) is 2. The van der Waals surface area contributed by atoms with E-state index in [4.69, 9.17) is 24.7 Å². The lowest BCUT2D eigenvalue weighted by atomic mass is 10.1. The van der Waals surface area contributed by atoms with E-state index in [1.165, 1.54) is 28.3 Å². The van der Waals surface area contributed by atoms with Gasteiger partial charge in [-0.1, -0.05) is 0 Å². The zero-order valence-electron chi connectivity index (χ0n) is 13.9. The maximum Gasteiger partial charge on any atom is 0.318 e. The number of ether oxygens (including phenoxy) is 4. The molecule has 3 amide bonds. The lowest BCUT2D eigenvalue weighted by Crippen LogP contribution is -2.42. The standard InChI is InChI=1S/C15H20N2O7/c1-8(14(19)17-15(16)20)24-12(18)7-9-5-10(21-2)13(23-4)11(6-9)22-3/h5-6,8H,7H2,1-4H3,(H3,16,17,19,20). The molecular weight excluding hydrogens is 320 g/mol. The number of rotatable bonds is 7. The number of benzene rings is 1. The molecule has 0 bridgehead atoms. The summed E-state index contributed by atoms with van der Waals surface area (Å²) in [7, 11) is 4.37. The predicted molar refractivity (Wildman–Crippen MR) is 83.1 cm³/mol. The van der Waals surface area contributed by atoms with Gasteiger partial charge in [-0.25, -0.2) is 4.79 Å². The molecule has 1 rings (SSSR count). The van der Waals surface area contributed by atoms with E-state index in [0.29, 0.717) is 22.8 Å². The van der Waals surface area contributed by atoms with Gasteiger partial charge in [-0.3, -0.25) is 14.9 Å². The van der Waals surface area contributed by atoms with E-state index in [1.807, 2.05) is 5.32 Å². The van der Waals surface area contributed by atoms with Crippen molar-refractivity contribution in [3.8, 4) is 17.2 Å². The number of primary amides is 1. The molecule has 9 nitrogen and oxygen atoms in total. The number of esters is 1. The Labute approximate surface area is 139 Å². The van der Waals surface area contributed by atoms with E-state index >= 15 is 0 Å². The number of carbonyl (C=O) groups is 3. The Hall–Kier alpha value is -2.97. The molecule has 0 aromatic heterocycles. The van der Waals surface area contributed by atoms with Crippen LogP contribution in [0.5, 0.6) is 17.2 Å². The third-order valence-corrected chi connectivity index (χ3v) is 3.00. The van der Waals surface area contributed by atoms with Crippen LogP contribution >= 0.6 is 0 Å². The molecular formula is C15H20N2O7. The minimum Gasteiger partial charge on any atom is -0.493 e. The van der Waals surface area contributed by atoms with Gasteiger partial charge in [0.25, 0.3) is 5.91 Å². The monoisotopic (exact) mass is 340 g/mol. The Balaban J connectivity index is 2.83. The summed E-state index contributed by atoms with van der Waals surface area (Å²) in [6, 6.07) is 2.17. The average molecular weight is 340 g/mol. The Morgan fingerprint density at radius 3 is 2.04 bits per heavy atom. The van der Waals surface area contributed by atoms with E-state index in [9.17, 15) is 14.4 Å². The molecule has 0 radical (unpaired) electrons. The van der Waals surface area contributed by atoms with Gasteiger partial charge in [0, 0.05) is 0 Å². The highest BCUT2D eigenvalue weighted by Gasteiger charge is 2.20. The second kappa shape index (κ2) is 8.61. The zero-order chi connectivity index (χ0) is 18.3. The zero-order valence-corrected chi connectivity index (χ0v) is 13.9. The SMILES string of the molecule is COc1cc(CC(=O)OC(C)C(=O)NC(N)=O)cc(OC)c1OC. The molecule has 1 aromatic rings. The maximum absolute atomic E-state index is 11.9. The second-order valence-corrected chi connectivity index (χ2v) is 4.70. The van der Waals surface area contributed by atoms with E-state index in [2.05, 4.69) is 0 Å². The predicted octanol–water partition coefficient (Wildman–Crippen LogP) is 0.382. The highest BCUT2D eigenvalue weighted by atomic mass is 16.5. The molecule has 0 saturated heterocycles. The second-order valence-electron chi connectivity index (χ2n) is 4.70. The summed E-state index contributed by atoms with van der Waals surface area (Å²) >= 11 is 0. The lowest BCUT2D eigenvalue weighted by molar-refractivity contribution is -0.153. The van der Waals surface area contributed by atoms with Crippen LogP contribution in [0, 0.1) is 0 Å². The molecule has 0 heterocycles. The van der Waals surface area contributed by atoms with Crippen LogP contribution in [-0.4, -0.2) is 45.3 Å². The van der Waals surface area contributed by atoms with Crippen LogP contribution in [0.3, 0.4) is 0 Å². The van der Waals surface area contributed by atoms with Crippen molar-refractivity contribution >= 4 is 17.9 Å². The fraction of sp³-hybridized carbons (Fsp3) is 0.400. The molecule has 0 spiro atoms. The van der Waals surface area contributed by atoms with Crippen LogP contribution in [0.25, 0.3) is 0 Å². The van der Waals surface area contributed by atoms with Crippen molar-refractivity contribution in [2.45, 2.75) is 19.4 Å². The summed E-state index contributed by atoms with van der Waals surface area (Å²) in [5.74, 6) is -0.304. The number of hydrogen-bond acceptors (Lipinski definition) is 7. The smallest absolute Gasteiger partial charge is 0.318 e. The average Bonchev–Trinajstić information content (AvgIpc) is 2.52. The van der Waals surface area contributed by atoms with Crippen LogP contribution < -0.4 is 25.3 Å². The van der Waals surface area contributed by atoms with Crippen molar-refractivity contribution in [3.05, 3.63) is 17.7 Å². The van der Waals surface area contributed by atoms with Crippen LogP contribution in [0.2, 0.25) is 0 Å². The molecule has 0 fully saturated rings. The van der Waals surface area contributed by atoms with Crippen LogP contribution in [0.1, 0.15) is 12.5 Å². The minimum absolute atomic E-state index is 0.134. The number of methoxy groups -OCH3 is 3. The van der Waals surface area contributed by atoms with Crippen LogP contribution in [-0.2, 0) is 20.7 Å². The van der Waals surface area contributed by atoms with Gasteiger partial charge < -0.3 is 24.7 Å². The minimum atomic E-state index is -1.16. The Kier molecular flexibility index (Phi) is 6.84. The van der Waals surface area contributed by atoms with Crippen molar-refractivity contribution in [1.29, 1.82) is 0 Å². The third kappa shape index (κ3) is 5.04. The van der Waals surface area contributed by atoms with Crippen molar-refractivity contribution in [2.75, 3.05) is 21.3 Å². The van der Waals surface area contributed by atoms with Gasteiger partial charge in [-0.15, -0.1) is 0 Å². The number of imide groups is 1. The van der Waals surface area contributed by atoms with Gasteiger partial charge in [0.05, 0.1) is 27.8 Å². The lowest BCUT2D eigenvalue weighted by Gasteiger charge is -2.15. The Bertz CT molecular complexity index is 605. The van der Waals surface area contributed by atoms with E-state index < -0.39 is 24.0 Å². The molecule has 0 aliphatic rings. The van der Waals surface area contributed by atoms with Gasteiger partial charge in [0.1, 0.15) is 0 Å². The van der Waals surface area contributed by atoms with Crippen molar-refractivity contribution in [3.63, 3.8) is 0 Å². The summed E-state index contributed by atoms with van der Waals surface area (Å²) in [4.78, 5) is 34.0. The number of carbonyl (C=O) groups excluding carboxylic acids is 3. The summed E-state index contributed by atoms with van der Waals surface area (Å²) in [6.07, 6.45) is -1.29. The fourth-order valence-electron chi connectivity index (χ4n) is 1.92. The first kappa shape index (κ1) is 19.1. The summed E-state index contributed by atoms with van der Waals surface area (Å²) in [5.41, 5.74) is 5.36. The largest absolute Gasteiger partial charge is 0.493 e. The van der Waals surface area contributed by atoms with Gasteiger partial charge in [-0.05, 0) is 24.6 Å². The molecule has 3 N–H and O–H groups in total. The first-order valence-corrected chi connectivity index (χ1v) is 6.91.